The van der Waals surface area contributed by atoms with Gasteiger partial charge in [0.05, 0.1) is 30.0 Å². The second-order valence-corrected chi connectivity index (χ2v) is 11.5. The molecule has 1 aliphatic heterocycles. The molecule has 6 rings (SSSR count). The van der Waals surface area contributed by atoms with Crippen LogP contribution in [-0.4, -0.2) is 65.6 Å². The Balaban J connectivity index is 1.54. The fraction of sp³-hybridized carbons (Fsp3) is 0.485. The van der Waals surface area contributed by atoms with Gasteiger partial charge in [-0.1, -0.05) is 43.5 Å². The number of aromatic nitrogens is 2. The number of methoxy groups -OCH3 is 2. The van der Waals surface area contributed by atoms with E-state index in [0.29, 0.717) is 24.7 Å². The predicted molar refractivity (Wildman–Crippen MR) is 159 cm³/mol. The number of aryl methyl sites for hydroxylation is 2. The Morgan fingerprint density at radius 3 is 2.48 bits per heavy atom. The number of rotatable bonds is 10. The van der Waals surface area contributed by atoms with Crippen LogP contribution in [0, 0.1) is 0 Å². The smallest absolute Gasteiger partial charge is 0.335 e. The van der Waals surface area contributed by atoms with Crippen LogP contribution in [0.3, 0.4) is 0 Å². The van der Waals surface area contributed by atoms with Crippen LogP contribution >= 0.6 is 0 Å². The Morgan fingerprint density at radius 1 is 0.975 bits per heavy atom. The number of carbonyl (C=O) groups is 1. The summed E-state index contributed by atoms with van der Waals surface area (Å²) in [5, 5.41) is 12.3. The first kappa shape index (κ1) is 27.1. The molecule has 2 aliphatic rings. The van der Waals surface area contributed by atoms with E-state index in [2.05, 4.69) is 44.5 Å². The van der Waals surface area contributed by atoms with Crippen molar-refractivity contribution in [1.29, 1.82) is 0 Å². The Kier molecular flexibility index (Phi) is 7.96. The minimum absolute atomic E-state index is 0.362. The summed E-state index contributed by atoms with van der Waals surface area (Å²) >= 11 is 0. The highest BCUT2D eigenvalue weighted by atomic mass is 16.5. The largest absolute Gasteiger partial charge is 0.478 e. The highest BCUT2D eigenvalue weighted by molar-refractivity contribution is 6.03. The van der Waals surface area contributed by atoms with Crippen molar-refractivity contribution in [1.82, 2.24) is 14.0 Å². The van der Waals surface area contributed by atoms with E-state index in [1.807, 2.05) is 6.07 Å². The van der Waals surface area contributed by atoms with Crippen LogP contribution in [0.4, 0.5) is 0 Å². The van der Waals surface area contributed by atoms with Crippen molar-refractivity contribution in [2.24, 2.45) is 0 Å². The first-order valence-electron chi connectivity index (χ1n) is 14.8. The van der Waals surface area contributed by atoms with Gasteiger partial charge in [0.15, 0.2) is 0 Å². The number of aromatic carboxylic acids is 1. The predicted octanol–water partition coefficient (Wildman–Crippen LogP) is 6.51. The van der Waals surface area contributed by atoms with Gasteiger partial charge in [-0.05, 0) is 48.4 Å². The highest BCUT2D eigenvalue weighted by Crippen LogP contribution is 2.47. The minimum Gasteiger partial charge on any atom is -0.478 e. The zero-order valence-corrected chi connectivity index (χ0v) is 23.8. The first-order valence-corrected chi connectivity index (χ1v) is 14.8. The van der Waals surface area contributed by atoms with Crippen molar-refractivity contribution < 1.29 is 19.4 Å². The third kappa shape index (κ3) is 4.95. The third-order valence-corrected chi connectivity index (χ3v) is 9.00. The molecule has 2 aromatic carbocycles. The van der Waals surface area contributed by atoms with Gasteiger partial charge in [0.2, 0.25) is 0 Å². The molecule has 212 valence electrons. The van der Waals surface area contributed by atoms with Gasteiger partial charge in [0.1, 0.15) is 0 Å². The van der Waals surface area contributed by atoms with E-state index in [-0.39, 0.29) is 0 Å². The Bertz CT molecular complexity index is 1500. The monoisotopic (exact) mass is 543 g/mol. The van der Waals surface area contributed by atoms with E-state index >= 15 is 0 Å². The molecule has 1 N–H and O–H groups in total. The molecule has 7 heteroatoms. The summed E-state index contributed by atoms with van der Waals surface area (Å²) in [6.07, 6.45) is 9.57. The van der Waals surface area contributed by atoms with Crippen molar-refractivity contribution in [2.45, 2.75) is 64.1 Å². The summed E-state index contributed by atoms with van der Waals surface area (Å²) in [5.74, 6) is -0.367. The molecule has 40 heavy (non-hydrogen) atoms. The molecule has 4 aromatic rings. The van der Waals surface area contributed by atoms with Crippen molar-refractivity contribution in [3.63, 3.8) is 0 Å². The molecule has 0 amide bonds. The van der Waals surface area contributed by atoms with E-state index in [4.69, 9.17) is 9.47 Å². The summed E-state index contributed by atoms with van der Waals surface area (Å²) in [7, 11) is 3.51. The Morgan fingerprint density at radius 2 is 1.75 bits per heavy atom. The van der Waals surface area contributed by atoms with Crippen molar-refractivity contribution >= 4 is 27.8 Å². The lowest BCUT2D eigenvalue weighted by atomic mass is 9.81. The summed E-state index contributed by atoms with van der Waals surface area (Å²) in [5.41, 5.74) is 8.07. The lowest BCUT2D eigenvalue weighted by Gasteiger charge is -2.25. The molecule has 0 saturated heterocycles. The molecule has 3 heterocycles. The quantitative estimate of drug-likeness (QED) is 0.247. The molecular formula is C33H41N3O4. The van der Waals surface area contributed by atoms with Gasteiger partial charge in [-0.15, -0.1) is 0 Å². The molecule has 1 saturated carbocycles. The van der Waals surface area contributed by atoms with Crippen LogP contribution < -0.4 is 0 Å². The maximum atomic E-state index is 12.0. The zero-order chi connectivity index (χ0) is 27.6. The van der Waals surface area contributed by atoms with Crippen LogP contribution in [0.1, 0.15) is 65.9 Å². The van der Waals surface area contributed by atoms with E-state index in [1.54, 1.807) is 20.3 Å². The number of carboxylic acids is 1. The van der Waals surface area contributed by atoms with Gasteiger partial charge in [0, 0.05) is 75.0 Å². The maximum Gasteiger partial charge on any atom is 0.335 e. The maximum absolute atomic E-state index is 12.0. The Labute approximate surface area is 236 Å². The molecule has 0 atom stereocenters. The fourth-order valence-corrected chi connectivity index (χ4v) is 7.11. The number of hydrogen-bond acceptors (Lipinski definition) is 4. The number of fused-ring (bicyclic) bond motifs is 4. The molecule has 2 aromatic heterocycles. The second-order valence-electron chi connectivity index (χ2n) is 11.5. The van der Waals surface area contributed by atoms with E-state index in [9.17, 15) is 9.90 Å². The van der Waals surface area contributed by atoms with E-state index in [1.165, 1.54) is 70.8 Å². The number of ether oxygens (including phenoxy) is 2. The number of hydrogen-bond donors (Lipinski definition) is 1. The van der Waals surface area contributed by atoms with E-state index < -0.39 is 5.97 Å². The van der Waals surface area contributed by atoms with Crippen molar-refractivity contribution in [3.8, 4) is 11.3 Å². The number of carboxylic acid groups (broad SMARTS) is 1. The van der Waals surface area contributed by atoms with Gasteiger partial charge < -0.3 is 23.7 Å². The van der Waals surface area contributed by atoms with Gasteiger partial charge in [0.25, 0.3) is 0 Å². The summed E-state index contributed by atoms with van der Waals surface area (Å²) in [6, 6.07) is 12.5. The minimum atomic E-state index is -0.866. The van der Waals surface area contributed by atoms with Crippen LogP contribution in [0.5, 0.6) is 0 Å². The fourth-order valence-electron chi connectivity index (χ4n) is 7.11. The lowest BCUT2D eigenvalue weighted by molar-refractivity contribution is 0.0697. The number of nitrogens with zero attached hydrogens (tertiary/aromatic N) is 3. The lowest BCUT2D eigenvalue weighted by Crippen LogP contribution is -2.30. The van der Waals surface area contributed by atoms with E-state index in [0.717, 1.165) is 44.7 Å². The molecule has 0 unspecified atom stereocenters. The molecule has 0 radical (unpaired) electrons. The zero-order valence-electron chi connectivity index (χ0n) is 23.8. The highest BCUT2D eigenvalue weighted by Gasteiger charge is 2.29. The molecular weight excluding hydrogens is 502 g/mol. The van der Waals surface area contributed by atoms with Crippen LogP contribution in [0.2, 0.25) is 0 Å². The van der Waals surface area contributed by atoms with Crippen LogP contribution in [0.25, 0.3) is 33.1 Å². The van der Waals surface area contributed by atoms with Crippen LogP contribution in [-0.2, 0) is 29.1 Å². The molecule has 0 bridgehead atoms. The number of benzene rings is 2. The average Bonchev–Trinajstić information content (AvgIpc) is 3.48. The van der Waals surface area contributed by atoms with Gasteiger partial charge in [-0.2, -0.15) is 0 Å². The summed E-state index contributed by atoms with van der Waals surface area (Å²) in [6.45, 7) is 5.75. The first-order chi connectivity index (χ1) is 19.6. The van der Waals surface area contributed by atoms with Gasteiger partial charge in [-0.3, -0.25) is 4.90 Å². The Hall–Kier alpha value is -3.13. The molecule has 0 spiro atoms. The average molecular weight is 544 g/mol. The van der Waals surface area contributed by atoms with Crippen molar-refractivity contribution in [3.05, 3.63) is 59.3 Å². The van der Waals surface area contributed by atoms with Gasteiger partial charge in [-0.25, -0.2) is 4.79 Å². The standard InChI is InChI=1S/C33H41N3O4/c1-39-18-16-34(17-19-40-2)21-25-22-35-14-7-15-36-29-20-24(33(37)38)12-13-27(29)30(23-8-4-3-5-9-23)32(36)28-11-6-10-26(25)31(28)35/h6,10-13,20,22-23H,3-5,7-9,14-19,21H2,1-2H3,(H,37,38). The summed E-state index contributed by atoms with van der Waals surface area (Å²) in [4.78, 5) is 14.4. The van der Waals surface area contributed by atoms with Crippen LogP contribution in [0.15, 0.2) is 42.6 Å². The molecule has 1 aliphatic carbocycles. The topological polar surface area (TPSA) is 68.9 Å². The third-order valence-electron chi connectivity index (χ3n) is 9.00. The number of para-hydroxylation sites is 1. The van der Waals surface area contributed by atoms with Crippen molar-refractivity contribution in [2.75, 3.05) is 40.5 Å². The molecule has 7 nitrogen and oxygen atoms in total. The SMILES string of the molecule is COCCN(CCOC)Cc1cn2c3c(cccc13)-c1c(C3CCCCC3)c3ccc(C(=O)O)cc3n1CCC2. The van der Waals surface area contributed by atoms with Gasteiger partial charge >= 0.3 is 5.97 Å². The second kappa shape index (κ2) is 11.8. The summed E-state index contributed by atoms with van der Waals surface area (Å²) < 4.78 is 15.7. The normalized spacial score (nSPS) is 16.0. The molecule has 1 fully saturated rings.